The Balaban J connectivity index is 3.22. The molecule has 0 aromatic rings. The zero-order valence-corrected chi connectivity index (χ0v) is 22.2. The predicted molar refractivity (Wildman–Crippen MR) is 119 cm³/mol. The molecule has 1 saturated heterocycles. The molecule has 0 unspecified atom stereocenters. The van der Waals surface area contributed by atoms with E-state index in [1.54, 1.807) is 13.3 Å². The SMILES string of the molecule is CCC[CH2][Sn]([CH2]CCC)([CH2]CCC)[C]1(O[Si](C)(C)C)CCSCC1. The van der Waals surface area contributed by atoms with E-state index < -0.39 is 26.7 Å². The van der Waals surface area contributed by atoms with Crippen LogP contribution in [0, 0.1) is 0 Å². The van der Waals surface area contributed by atoms with E-state index in [9.17, 15) is 0 Å². The van der Waals surface area contributed by atoms with Crippen LogP contribution in [-0.4, -0.2) is 41.8 Å². The first-order valence-corrected chi connectivity index (χ1v) is 22.7. The van der Waals surface area contributed by atoms with Gasteiger partial charge in [-0.25, -0.2) is 0 Å². The van der Waals surface area contributed by atoms with Crippen LogP contribution in [0.1, 0.15) is 72.1 Å². The van der Waals surface area contributed by atoms with Crippen molar-refractivity contribution in [2.24, 2.45) is 0 Å². The quantitative estimate of drug-likeness (QED) is 0.268. The van der Waals surface area contributed by atoms with Crippen LogP contribution in [0.15, 0.2) is 0 Å². The number of thioether (sulfide) groups is 1. The zero-order valence-electron chi connectivity index (χ0n) is 17.5. The molecule has 1 fully saturated rings. The second-order valence-corrected chi connectivity index (χ2v) is 28.8. The molecule has 0 aliphatic carbocycles. The maximum absolute atomic E-state index is 7.24. The molecule has 0 spiro atoms. The summed E-state index contributed by atoms with van der Waals surface area (Å²) in [7, 11) is -1.50. The Kier molecular flexibility index (Phi) is 10.9. The van der Waals surface area contributed by atoms with Gasteiger partial charge in [0.05, 0.1) is 0 Å². The first-order chi connectivity index (χ1) is 11.3. The van der Waals surface area contributed by atoms with Gasteiger partial charge >= 0.3 is 163 Å². The van der Waals surface area contributed by atoms with Gasteiger partial charge in [-0.15, -0.1) is 0 Å². The molecule has 1 heterocycles. The van der Waals surface area contributed by atoms with Gasteiger partial charge in [0.15, 0.2) is 0 Å². The van der Waals surface area contributed by atoms with E-state index in [-0.39, 0.29) is 0 Å². The van der Waals surface area contributed by atoms with Crippen molar-refractivity contribution in [2.45, 2.75) is 109 Å². The van der Waals surface area contributed by atoms with Gasteiger partial charge in [0.2, 0.25) is 0 Å². The van der Waals surface area contributed by atoms with Crippen molar-refractivity contribution in [2.75, 3.05) is 11.5 Å². The molecule has 0 amide bonds. The monoisotopic (exact) mass is 480 g/mol. The number of hydrogen-bond acceptors (Lipinski definition) is 2. The minimum atomic E-state index is -2.36. The second kappa shape index (κ2) is 11.2. The molecule has 1 rings (SSSR count). The summed E-state index contributed by atoms with van der Waals surface area (Å²) >= 11 is -0.183. The molecular formula is C20H44OSSiSn. The third-order valence-electron chi connectivity index (χ3n) is 5.80. The van der Waals surface area contributed by atoms with Gasteiger partial charge in [0, 0.05) is 0 Å². The van der Waals surface area contributed by atoms with Crippen LogP contribution in [0.25, 0.3) is 0 Å². The first kappa shape index (κ1) is 23.4. The minimum absolute atomic E-state index is 0.379. The van der Waals surface area contributed by atoms with E-state index >= 15 is 0 Å². The third-order valence-corrected chi connectivity index (χ3v) is 26.8. The van der Waals surface area contributed by atoms with E-state index in [2.05, 4.69) is 52.2 Å². The first-order valence-electron chi connectivity index (χ1n) is 10.6. The van der Waals surface area contributed by atoms with E-state index in [4.69, 9.17) is 4.43 Å². The van der Waals surface area contributed by atoms with Gasteiger partial charge in [0.25, 0.3) is 0 Å². The molecule has 1 aliphatic rings. The van der Waals surface area contributed by atoms with Crippen LogP contribution in [0.4, 0.5) is 0 Å². The normalized spacial score (nSPS) is 18.8. The molecule has 0 aromatic carbocycles. The van der Waals surface area contributed by atoms with Crippen molar-refractivity contribution < 1.29 is 4.43 Å². The summed E-state index contributed by atoms with van der Waals surface area (Å²) < 4.78 is 12.4. The summed E-state index contributed by atoms with van der Waals surface area (Å²) in [5.74, 6) is 2.71. The molecule has 0 saturated carbocycles. The Bertz CT molecular complexity index is 315. The Morgan fingerprint density at radius 2 is 1.25 bits per heavy atom. The molecule has 1 nitrogen and oxygen atoms in total. The van der Waals surface area contributed by atoms with Gasteiger partial charge in [-0.05, 0) is 0 Å². The molecule has 24 heavy (non-hydrogen) atoms. The Labute approximate surface area is 162 Å². The topological polar surface area (TPSA) is 9.23 Å². The molecule has 0 atom stereocenters. The molecule has 1 aliphatic heterocycles. The molecule has 4 heteroatoms. The number of unbranched alkanes of at least 4 members (excludes halogenated alkanes) is 3. The van der Waals surface area contributed by atoms with E-state index in [0.29, 0.717) is 3.62 Å². The van der Waals surface area contributed by atoms with Crippen molar-refractivity contribution in [1.29, 1.82) is 0 Å². The summed E-state index contributed by atoms with van der Waals surface area (Å²) in [6.45, 7) is 14.5. The molecular weight excluding hydrogens is 435 g/mol. The van der Waals surface area contributed by atoms with Crippen molar-refractivity contribution in [3.63, 3.8) is 0 Å². The Morgan fingerprint density at radius 1 is 0.833 bits per heavy atom. The maximum atomic E-state index is 7.24. The second-order valence-electron chi connectivity index (χ2n) is 8.91. The van der Waals surface area contributed by atoms with Gasteiger partial charge < -0.3 is 0 Å². The fourth-order valence-electron chi connectivity index (χ4n) is 4.63. The standard InChI is InChI=1S/C8H17OSSi.3C4H9.Sn/c1-11(2,3)9-8-4-6-10-7-5-8;3*1-3-4-2;/h4-7H2,1-3H3;3*1,3-4H2,2H3;. The summed E-state index contributed by atoms with van der Waals surface area (Å²) in [6.07, 6.45) is 11.3. The average Bonchev–Trinajstić information content (AvgIpc) is 2.53. The number of hydrogen-bond donors (Lipinski definition) is 0. The number of rotatable bonds is 12. The van der Waals surface area contributed by atoms with Crippen LogP contribution in [0.2, 0.25) is 33.0 Å². The Hall–Kier alpha value is 1.33. The van der Waals surface area contributed by atoms with Crippen LogP contribution in [0.5, 0.6) is 0 Å². The average molecular weight is 479 g/mol. The van der Waals surface area contributed by atoms with Crippen molar-refractivity contribution in [3.8, 4) is 0 Å². The van der Waals surface area contributed by atoms with E-state index in [1.165, 1.54) is 62.9 Å². The molecule has 0 aromatic heterocycles. The van der Waals surface area contributed by atoms with Crippen molar-refractivity contribution >= 4 is 38.5 Å². The molecule has 0 radical (unpaired) electrons. The van der Waals surface area contributed by atoms with Crippen LogP contribution in [-0.2, 0) is 4.43 Å². The van der Waals surface area contributed by atoms with E-state index in [1.807, 2.05) is 0 Å². The van der Waals surface area contributed by atoms with Gasteiger partial charge in [-0.3, -0.25) is 0 Å². The van der Waals surface area contributed by atoms with Crippen LogP contribution >= 0.6 is 11.8 Å². The summed E-state index contributed by atoms with van der Waals surface area (Å²) in [5.41, 5.74) is 0. The van der Waals surface area contributed by atoms with Crippen molar-refractivity contribution in [1.82, 2.24) is 0 Å². The Morgan fingerprint density at radius 3 is 1.58 bits per heavy atom. The molecule has 0 bridgehead atoms. The fraction of sp³-hybridized carbons (Fsp3) is 1.00. The summed E-state index contributed by atoms with van der Waals surface area (Å²) in [4.78, 5) is 0. The zero-order chi connectivity index (χ0) is 18.1. The van der Waals surface area contributed by atoms with Gasteiger partial charge in [-0.2, -0.15) is 0 Å². The van der Waals surface area contributed by atoms with Crippen molar-refractivity contribution in [3.05, 3.63) is 0 Å². The van der Waals surface area contributed by atoms with Gasteiger partial charge in [-0.1, -0.05) is 0 Å². The predicted octanol–water partition coefficient (Wildman–Crippen LogP) is 7.49. The third kappa shape index (κ3) is 6.81. The van der Waals surface area contributed by atoms with Gasteiger partial charge in [0.1, 0.15) is 0 Å². The van der Waals surface area contributed by atoms with E-state index in [0.717, 1.165) is 0 Å². The summed E-state index contributed by atoms with van der Waals surface area (Å²) in [5, 5.41) is 0. The molecule has 144 valence electrons. The van der Waals surface area contributed by atoms with Crippen LogP contribution in [0.3, 0.4) is 0 Å². The fourth-order valence-corrected chi connectivity index (χ4v) is 31.5. The molecule has 0 N–H and O–H groups in total. The summed E-state index contributed by atoms with van der Waals surface area (Å²) in [6, 6.07) is 0. The van der Waals surface area contributed by atoms with Crippen LogP contribution < -0.4 is 0 Å².